The lowest BCUT2D eigenvalue weighted by Crippen LogP contribution is -2.25. The Morgan fingerprint density at radius 2 is 1.87 bits per heavy atom. The van der Waals surface area contributed by atoms with E-state index in [1.807, 2.05) is 12.1 Å². The van der Waals surface area contributed by atoms with Gasteiger partial charge in [-0.15, -0.1) is 0 Å². The third-order valence-corrected chi connectivity index (χ3v) is 3.67. The Bertz CT molecular complexity index is 804. The van der Waals surface area contributed by atoms with E-state index in [-0.39, 0.29) is 23.6 Å². The van der Waals surface area contributed by atoms with E-state index in [9.17, 15) is 19.7 Å². The molecule has 2 rings (SSSR count). The predicted octanol–water partition coefficient (Wildman–Crippen LogP) is 3.07. The van der Waals surface area contributed by atoms with E-state index in [1.165, 1.54) is 13.0 Å². The molecular formula is C17H18N2O4. The van der Waals surface area contributed by atoms with Gasteiger partial charge >= 0.3 is 0 Å². The number of ketones is 1. The molecule has 0 saturated heterocycles. The molecule has 0 radical (unpaired) electrons. The summed E-state index contributed by atoms with van der Waals surface area (Å²) in [5, 5.41) is 10.9. The van der Waals surface area contributed by atoms with Crippen LogP contribution in [0.2, 0.25) is 0 Å². The number of hydrogen-bond acceptors (Lipinski definition) is 4. The fourth-order valence-electron chi connectivity index (χ4n) is 2.28. The molecule has 1 aromatic heterocycles. The molecular weight excluding hydrogens is 296 g/mol. The fraction of sp³-hybridized carbons (Fsp3) is 0.294. The number of nitrogens with zero attached hydrogens (tertiary/aromatic N) is 2. The van der Waals surface area contributed by atoms with Crippen molar-refractivity contribution >= 4 is 11.5 Å². The van der Waals surface area contributed by atoms with Gasteiger partial charge in [0.25, 0.3) is 11.2 Å². The molecule has 0 saturated carbocycles. The van der Waals surface area contributed by atoms with Gasteiger partial charge < -0.3 is 4.57 Å². The van der Waals surface area contributed by atoms with Crippen LogP contribution in [0.15, 0.2) is 41.3 Å². The second-order valence-corrected chi connectivity index (χ2v) is 5.77. The maximum Gasteiger partial charge on any atom is 0.286 e. The molecule has 0 aliphatic rings. The van der Waals surface area contributed by atoms with Gasteiger partial charge in [0.2, 0.25) is 0 Å². The number of carbonyl (C=O) groups excluding carboxylic acids is 1. The zero-order valence-electron chi connectivity index (χ0n) is 13.3. The van der Waals surface area contributed by atoms with Crippen molar-refractivity contribution in [2.75, 3.05) is 0 Å². The first kappa shape index (κ1) is 16.6. The van der Waals surface area contributed by atoms with E-state index in [0.29, 0.717) is 11.5 Å². The zero-order chi connectivity index (χ0) is 17.1. The lowest BCUT2D eigenvalue weighted by Gasteiger charge is -2.08. The minimum atomic E-state index is -0.579. The highest BCUT2D eigenvalue weighted by Crippen LogP contribution is 2.15. The van der Waals surface area contributed by atoms with Gasteiger partial charge in [-0.1, -0.05) is 38.1 Å². The van der Waals surface area contributed by atoms with Crippen molar-refractivity contribution < 1.29 is 9.72 Å². The number of aromatic nitrogens is 1. The Hall–Kier alpha value is -2.76. The van der Waals surface area contributed by atoms with Gasteiger partial charge in [-0.25, -0.2) is 0 Å². The SMILES string of the molecule is Cc1cc([N+](=O)[O-])cn(CC(=O)c2ccc(C(C)C)cc2)c1=O. The van der Waals surface area contributed by atoms with E-state index in [0.717, 1.165) is 16.3 Å². The summed E-state index contributed by atoms with van der Waals surface area (Å²) in [5.41, 5.74) is 1.23. The molecule has 0 spiro atoms. The molecule has 1 aromatic carbocycles. The van der Waals surface area contributed by atoms with Crippen LogP contribution in [0, 0.1) is 17.0 Å². The summed E-state index contributed by atoms with van der Waals surface area (Å²) in [4.78, 5) is 34.7. The Balaban J connectivity index is 2.29. The van der Waals surface area contributed by atoms with Crippen LogP contribution in [0.5, 0.6) is 0 Å². The zero-order valence-corrected chi connectivity index (χ0v) is 13.3. The van der Waals surface area contributed by atoms with Gasteiger partial charge in [0.1, 0.15) is 0 Å². The molecule has 0 unspecified atom stereocenters. The van der Waals surface area contributed by atoms with Gasteiger partial charge in [-0.3, -0.25) is 19.7 Å². The summed E-state index contributed by atoms with van der Waals surface area (Å²) in [5.74, 6) is 0.100. The van der Waals surface area contributed by atoms with Crippen molar-refractivity contribution in [1.82, 2.24) is 4.57 Å². The topological polar surface area (TPSA) is 82.2 Å². The molecule has 0 fully saturated rings. The van der Waals surface area contributed by atoms with Crippen molar-refractivity contribution in [2.45, 2.75) is 33.2 Å². The molecule has 0 amide bonds. The second-order valence-electron chi connectivity index (χ2n) is 5.77. The number of rotatable bonds is 5. The Morgan fingerprint density at radius 1 is 1.26 bits per heavy atom. The number of pyridine rings is 1. The molecule has 0 atom stereocenters. The van der Waals surface area contributed by atoms with Crippen LogP contribution in [0.25, 0.3) is 0 Å². The smallest absolute Gasteiger partial charge is 0.286 e. The van der Waals surface area contributed by atoms with Crippen LogP contribution < -0.4 is 5.56 Å². The summed E-state index contributed by atoms with van der Waals surface area (Å²) in [6.45, 7) is 5.39. The molecule has 23 heavy (non-hydrogen) atoms. The van der Waals surface area contributed by atoms with Gasteiger partial charge in [0.05, 0.1) is 17.7 Å². The first-order valence-electron chi connectivity index (χ1n) is 7.28. The number of hydrogen-bond donors (Lipinski definition) is 0. The van der Waals surface area contributed by atoms with Crippen LogP contribution in [0.4, 0.5) is 5.69 Å². The Morgan fingerprint density at radius 3 is 2.39 bits per heavy atom. The van der Waals surface area contributed by atoms with E-state index >= 15 is 0 Å². The molecule has 0 aliphatic carbocycles. The van der Waals surface area contributed by atoms with Gasteiger partial charge in [0, 0.05) is 17.2 Å². The van der Waals surface area contributed by atoms with E-state index in [1.54, 1.807) is 12.1 Å². The van der Waals surface area contributed by atoms with Crippen LogP contribution >= 0.6 is 0 Å². The minimum absolute atomic E-state index is 0.204. The predicted molar refractivity (Wildman–Crippen MR) is 87.0 cm³/mol. The number of nitro groups is 1. The summed E-state index contributed by atoms with van der Waals surface area (Å²) in [6, 6.07) is 8.39. The lowest BCUT2D eigenvalue weighted by molar-refractivity contribution is -0.385. The van der Waals surface area contributed by atoms with Crippen molar-refractivity contribution in [3.63, 3.8) is 0 Å². The van der Waals surface area contributed by atoms with Crippen LogP contribution in [0.3, 0.4) is 0 Å². The second kappa shape index (κ2) is 6.56. The third kappa shape index (κ3) is 3.71. The summed E-state index contributed by atoms with van der Waals surface area (Å²) >= 11 is 0. The quantitative estimate of drug-likeness (QED) is 0.482. The highest BCUT2D eigenvalue weighted by molar-refractivity contribution is 5.95. The lowest BCUT2D eigenvalue weighted by atomic mass is 10.0. The van der Waals surface area contributed by atoms with Crippen molar-refractivity contribution in [1.29, 1.82) is 0 Å². The highest BCUT2D eigenvalue weighted by atomic mass is 16.6. The number of aryl methyl sites for hydroxylation is 1. The molecule has 0 aliphatic heterocycles. The average molecular weight is 314 g/mol. The fourth-order valence-corrected chi connectivity index (χ4v) is 2.28. The Labute approximate surface area is 133 Å². The molecule has 2 aromatic rings. The van der Waals surface area contributed by atoms with Crippen molar-refractivity contribution in [3.8, 4) is 0 Å². The summed E-state index contributed by atoms with van der Waals surface area (Å²) in [6.07, 6.45) is 1.11. The van der Waals surface area contributed by atoms with E-state index < -0.39 is 10.5 Å². The molecule has 6 heteroatoms. The maximum absolute atomic E-state index is 12.3. The summed E-state index contributed by atoms with van der Waals surface area (Å²) in [7, 11) is 0. The number of carbonyl (C=O) groups is 1. The van der Waals surface area contributed by atoms with E-state index in [4.69, 9.17) is 0 Å². The van der Waals surface area contributed by atoms with Crippen LogP contribution in [-0.4, -0.2) is 15.3 Å². The minimum Gasteiger partial charge on any atom is -0.301 e. The summed E-state index contributed by atoms with van der Waals surface area (Å²) < 4.78 is 1.09. The van der Waals surface area contributed by atoms with Crippen molar-refractivity contribution in [3.05, 3.63) is 73.7 Å². The van der Waals surface area contributed by atoms with Gasteiger partial charge in [-0.05, 0) is 18.4 Å². The van der Waals surface area contributed by atoms with E-state index in [2.05, 4.69) is 13.8 Å². The normalized spacial score (nSPS) is 10.8. The first-order chi connectivity index (χ1) is 10.8. The van der Waals surface area contributed by atoms with Gasteiger partial charge in [-0.2, -0.15) is 0 Å². The largest absolute Gasteiger partial charge is 0.301 e. The molecule has 120 valence electrons. The molecule has 6 nitrogen and oxygen atoms in total. The van der Waals surface area contributed by atoms with Crippen LogP contribution in [-0.2, 0) is 6.54 Å². The average Bonchev–Trinajstić information content (AvgIpc) is 2.51. The van der Waals surface area contributed by atoms with Crippen molar-refractivity contribution in [2.24, 2.45) is 0 Å². The number of Topliss-reactive ketones (excluding diaryl/α,β-unsaturated/α-hetero) is 1. The molecule has 1 heterocycles. The third-order valence-electron chi connectivity index (χ3n) is 3.67. The Kier molecular flexibility index (Phi) is 4.74. The molecule has 0 bridgehead atoms. The highest BCUT2D eigenvalue weighted by Gasteiger charge is 2.14. The molecule has 0 N–H and O–H groups in total. The first-order valence-corrected chi connectivity index (χ1v) is 7.28. The van der Waals surface area contributed by atoms with Crippen LogP contribution in [0.1, 0.15) is 41.3 Å². The standard InChI is InChI=1S/C17H18N2O4/c1-11(2)13-4-6-14(7-5-13)16(20)10-18-9-15(19(22)23)8-12(3)17(18)21/h4-9,11H,10H2,1-3H3. The van der Waals surface area contributed by atoms with Gasteiger partial charge in [0.15, 0.2) is 5.78 Å². The monoisotopic (exact) mass is 314 g/mol. The number of benzene rings is 1. The maximum atomic E-state index is 12.3.